The summed E-state index contributed by atoms with van der Waals surface area (Å²) in [5.74, 6) is -1.45. The van der Waals surface area contributed by atoms with Gasteiger partial charge in [-0.3, -0.25) is 9.59 Å². The van der Waals surface area contributed by atoms with Gasteiger partial charge in [-0.05, 0) is 36.8 Å². The van der Waals surface area contributed by atoms with Gasteiger partial charge in [0.1, 0.15) is 0 Å². The lowest BCUT2D eigenvalue weighted by Crippen LogP contribution is -2.29. The van der Waals surface area contributed by atoms with E-state index in [1.54, 1.807) is 55.5 Å². The molecule has 1 aliphatic heterocycles. The Hall–Kier alpha value is -2.95. The summed E-state index contributed by atoms with van der Waals surface area (Å²) in [6.07, 6.45) is 0. The van der Waals surface area contributed by atoms with Crippen molar-refractivity contribution in [1.29, 1.82) is 0 Å². The molecule has 1 heterocycles. The van der Waals surface area contributed by atoms with Crippen LogP contribution in [0.2, 0.25) is 0 Å². The molecule has 2 aromatic rings. The van der Waals surface area contributed by atoms with Crippen LogP contribution in [0.25, 0.3) is 0 Å². The van der Waals surface area contributed by atoms with Gasteiger partial charge in [0, 0.05) is 0 Å². The number of rotatable bonds is 4. The Morgan fingerprint density at radius 3 is 2.65 bits per heavy atom. The number of benzene rings is 2. The molecule has 0 unspecified atom stereocenters. The predicted octanol–water partition coefficient (Wildman–Crippen LogP) is 2.59. The van der Waals surface area contributed by atoms with Gasteiger partial charge in [-0.2, -0.15) is 0 Å². The topological polar surface area (TPSA) is 63.7 Å². The van der Waals surface area contributed by atoms with Crippen LogP contribution in [0.1, 0.15) is 33.2 Å². The molecule has 0 N–H and O–H groups in total. The molecule has 0 radical (unpaired) electrons. The Balaban J connectivity index is 1.88. The second-order valence-electron chi connectivity index (χ2n) is 5.16. The molecule has 5 nitrogen and oxygen atoms in total. The van der Waals surface area contributed by atoms with E-state index in [0.29, 0.717) is 23.4 Å². The quantitative estimate of drug-likeness (QED) is 0.643. The zero-order valence-electron chi connectivity index (χ0n) is 12.6. The second-order valence-corrected chi connectivity index (χ2v) is 5.16. The Morgan fingerprint density at radius 2 is 1.87 bits per heavy atom. The van der Waals surface area contributed by atoms with Gasteiger partial charge in [-0.25, -0.2) is 4.79 Å². The third-order valence-corrected chi connectivity index (χ3v) is 3.66. The number of carbonyl (C=O) groups is 3. The summed E-state index contributed by atoms with van der Waals surface area (Å²) in [5, 5.41) is 0. The molecule has 5 heteroatoms. The van der Waals surface area contributed by atoms with Gasteiger partial charge in [-0.1, -0.05) is 24.3 Å². The van der Waals surface area contributed by atoms with Crippen molar-refractivity contribution in [3.05, 3.63) is 65.2 Å². The van der Waals surface area contributed by atoms with E-state index >= 15 is 0 Å². The number of ketones is 1. The molecule has 1 amide bonds. The minimum Gasteiger partial charge on any atom is -0.462 e. The molecule has 23 heavy (non-hydrogen) atoms. The highest BCUT2D eigenvalue weighted by Gasteiger charge is 2.35. The van der Waals surface area contributed by atoms with Crippen molar-refractivity contribution in [2.75, 3.05) is 11.5 Å². The zero-order chi connectivity index (χ0) is 16.4. The molecule has 0 atom stereocenters. The molecule has 0 saturated heterocycles. The van der Waals surface area contributed by atoms with Crippen molar-refractivity contribution < 1.29 is 19.1 Å². The molecule has 0 bridgehead atoms. The maximum atomic E-state index is 12.2. The Kier molecular flexibility index (Phi) is 3.93. The molecule has 0 fully saturated rings. The first kappa shape index (κ1) is 15.0. The number of Topliss-reactive ketones (excluding diaryl/α,β-unsaturated/α-hetero) is 1. The molecule has 0 aromatic heterocycles. The number of ether oxygens (including phenoxy) is 1. The lowest BCUT2D eigenvalue weighted by atomic mass is 10.1. The molecule has 0 saturated carbocycles. The highest BCUT2D eigenvalue weighted by Crippen LogP contribution is 2.30. The maximum Gasteiger partial charge on any atom is 0.338 e. The molecule has 116 valence electrons. The highest BCUT2D eigenvalue weighted by atomic mass is 16.5. The van der Waals surface area contributed by atoms with Crippen molar-refractivity contribution in [3.8, 4) is 0 Å². The highest BCUT2D eigenvalue weighted by molar-refractivity contribution is 6.52. The van der Waals surface area contributed by atoms with Gasteiger partial charge in [0.25, 0.3) is 11.7 Å². The monoisotopic (exact) mass is 309 g/mol. The number of carbonyl (C=O) groups excluding carboxylic acids is 3. The van der Waals surface area contributed by atoms with Crippen molar-refractivity contribution in [1.82, 2.24) is 0 Å². The van der Waals surface area contributed by atoms with Crippen LogP contribution in [0.15, 0.2) is 48.5 Å². The standard InChI is InChI=1S/C18H15NO4/c1-2-23-18(22)13-7-5-6-12(10-13)11-19-15-9-4-3-8-14(15)16(20)17(19)21/h3-10H,2,11H2,1H3. The summed E-state index contributed by atoms with van der Waals surface area (Å²) in [5.41, 5.74) is 2.20. The van der Waals surface area contributed by atoms with E-state index in [0.717, 1.165) is 5.56 Å². The first-order chi connectivity index (χ1) is 11.1. The number of esters is 1. The van der Waals surface area contributed by atoms with Gasteiger partial charge in [0.15, 0.2) is 0 Å². The van der Waals surface area contributed by atoms with Gasteiger partial charge < -0.3 is 9.64 Å². The van der Waals surface area contributed by atoms with Gasteiger partial charge >= 0.3 is 5.97 Å². The first-order valence-corrected chi connectivity index (χ1v) is 7.33. The van der Waals surface area contributed by atoms with Crippen LogP contribution in [0.4, 0.5) is 5.69 Å². The van der Waals surface area contributed by atoms with Crippen molar-refractivity contribution in [2.45, 2.75) is 13.5 Å². The molecule has 0 aliphatic carbocycles. The Labute approximate surface area is 133 Å². The van der Waals surface area contributed by atoms with E-state index in [1.165, 1.54) is 4.90 Å². The number of fused-ring (bicyclic) bond motifs is 1. The zero-order valence-corrected chi connectivity index (χ0v) is 12.6. The first-order valence-electron chi connectivity index (χ1n) is 7.33. The number of para-hydroxylation sites is 1. The molecular formula is C18H15NO4. The third-order valence-electron chi connectivity index (χ3n) is 3.66. The molecule has 3 rings (SSSR count). The van der Waals surface area contributed by atoms with Crippen LogP contribution in [-0.4, -0.2) is 24.3 Å². The second kappa shape index (κ2) is 6.04. The van der Waals surface area contributed by atoms with E-state index in [1.807, 2.05) is 0 Å². The summed E-state index contributed by atoms with van der Waals surface area (Å²) in [6.45, 7) is 2.28. The third kappa shape index (κ3) is 2.73. The van der Waals surface area contributed by atoms with Crippen LogP contribution < -0.4 is 4.90 Å². The fourth-order valence-corrected chi connectivity index (χ4v) is 2.60. The fraction of sp³-hybridized carbons (Fsp3) is 0.167. The van der Waals surface area contributed by atoms with E-state index in [9.17, 15) is 14.4 Å². The van der Waals surface area contributed by atoms with E-state index in [2.05, 4.69) is 0 Å². The van der Waals surface area contributed by atoms with Crippen LogP contribution in [-0.2, 0) is 16.1 Å². The summed E-state index contributed by atoms with van der Waals surface area (Å²) in [4.78, 5) is 37.4. The van der Waals surface area contributed by atoms with Gasteiger partial charge in [0.2, 0.25) is 0 Å². The van der Waals surface area contributed by atoms with E-state index < -0.39 is 17.7 Å². The number of nitrogens with zero attached hydrogens (tertiary/aromatic N) is 1. The minimum atomic E-state index is -0.548. The van der Waals surface area contributed by atoms with Crippen molar-refractivity contribution in [2.24, 2.45) is 0 Å². The van der Waals surface area contributed by atoms with Crippen LogP contribution in [0.3, 0.4) is 0 Å². The number of anilines is 1. The number of amides is 1. The maximum absolute atomic E-state index is 12.2. The average Bonchev–Trinajstić information content (AvgIpc) is 2.81. The van der Waals surface area contributed by atoms with E-state index in [-0.39, 0.29) is 6.54 Å². The SMILES string of the molecule is CCOC(=O)c1cccc(CN2C(=O)C(=O)c3ccccc32)c1. The van der Waals surface area contributed by atoms with Crippen molar-refractivity contribution in [3.63, 3.8) is 0 Å². The molecule has 2 aromatic carbocycles. The van der Waals surface area contributed by atoms with Crippen LogP contribution in [0.5, 0.6) is 0 Å². The van der Waals surface area contributed by atoms with Gasteiger partial charge in [-0.15, -0.1) is 0 Å². The molecular weight excluding hydrogens is 294 g/mol. The summed E-state index contributed by atoms with van der Waals surface area (Å²) >= 11 is 0. The van der Waals surface area contributed by atoms with Crippen LogP contribution >= 0.6 is 0 Å². The normalized spacial score (nSPS) is 13.2. The summed E-state index contributed by atoms with van der Waals surface area (Å²) in [6, 6.07) is 13.8. The number of hydrogen-bond donors (Lipinski definition) is 0. The Bertz CT molecular complexity index is 797. The van der Waals surface area contributed by atoms with E-state index in [4.69, 9.17) is 4.74 Å². The Morgan fingerprint density at radius 1 is 1.09 bits per heavy atom. The van der Waals surface area contributed by atoms with Crippen LogP contribution in [0, 0.1) is 0 Å². The van der Waals surface area contributed by atoms with Crippen molar-refractivity contribution >= 4 is 23.3 Å². The lowest BCUT2D eigenvalue weighted by molar-refractivity contribution is -0.114. The lowest BCUT2D eigenvalue weighted by Gasteiger charge is -2.16. The summed E-state index contributed by atoms with van der Waals surface area (Å²) < 4.78 is 4.97. The fourth-order valence-electron chi connectivity index (χ4n) is 2.60. The summed E-state index contributed by atoms with van der Waals surface area (Å²) in [7, 11) is 0. The largest absolute Gasteiger partial charge is 0.462 e. The number of hydrogen-bond acceptors (Lipinski definition) is 4. The average molecular weight is 309 g/mol. The smallest absolute Gasteiger partial charge is 0.338 e. The van der Waals surface area contributed by atoms with Gasteiger partial charge in [0.05, 0.1) is 30.0 Å². The predicted molar refractivity (Wildman–Crippen MR) is 84.4 cm³/mol. The minimum absolute atomic E-state index is 0.231. The molecule has 1 aliphatic rings. The molecule has 0 spiro atoms.